The van der Waals surface area contributed by atoms with Crippen molar-refractivity contribution in [1.29, 1.82) is 0 Å². The molecular formula is C18H25BrN6O. The molecule has 0 radical (unpaired) electrons. The summed E-state index contributed by atoms with van der Waals surface area (Å²) in [6.45, 7) is 2.31. The zero-order valence-corrected chi connectivity index (χ0v) is 16.7. The van der Waals surface area contributed by atoms with Gasteiger partial charge in [-0.15, -0.1) is 0 Å². The second-order valence-electron chi connectivity index (χ2n) is 5.98. The van der Waals surface area contributed by atoms with Crippen molar-refractivity contribution in [3.63, 3.8) is 0 Å². The van der Waals surface area contributed by atoms with Gasteiger partial charge in [-0.3, -0.25) is 9.48 Å². The maximum absolute atomic E-state index is 11.8. The number of likely N-dealkylation sites (N-methyl/N-ethyl adjacent to an activating group) is 1. The molecule has 1 amide bonds. The van der Waals surface area contributed by atoms with E-state index in [2.05, 4.69) is 36.7 Å². The van der Waals surface area contributed by atoms with Crippen LogP contribution in [0.2, 0.25) is 0 Å². The van der Waals surface area contributed by atoms with Crippen molar-refractivity contribution in [2.45, 2.75) is 19.5 Å². The van der Waals surface area contributed by atoms with Crippen molar-refractivity contribution in [3.05, 3.63) is 52.8 Å². The average Bonchev–Trinajstić information content (AvgIpc) is 3.14. The van der Waals surface area contributed by atoms with Crippen LogP contribution in [0.1, 0.15) is 12.0 Å². The van der Waals surface area contributed by atoms with Crippen LogP contribution >= 0.6 is 15.9 Å². The van der Waals surface area contributed by atoms with Crippen LogP contribution in [0.5, 0.6) is 0 Å². The molecule has 0 atom stereocenters. The van der Waals surface area contributed by atoms with Crippen LogP contribution < -0.4 is 10.6 Å². The Labute approximate surface area is 162 Å². The molecule has 2 N–H and O–H groups in total. The van der Waals surface area contributed by atoms with Crippen LogP contribution in [0.15, 0.2) is 52.2 Å². The highest BCUT2D eigenvalue weighted by atomic mass is 79.9. The summed E-state index contributed by atoms with van der Waals surface area (Å²) in [5.41, 5.74) is 1.10. The maximum Gasteiger partial charge on any atom is 0.241 e. The first-order chi connectivity index (χ1) is 12.5. The average molecular weight is 421 g/mol. The molecule has 0 spiro atoms. The van der Waals surface area contributed by atoms with Gasteiger partial charge in [0.05, 0.1) is 13.1 Å². The molecule has 0 aliphatic rings. The summed E-state index contributed by atoms with van der Waals surface area (Å²) in [6.07, 6.45) is 4.62. The first-order valence-corrected chi connectivity index (χ1v) is 9.28. The lowest BCUT2D eigenvalue weighted by atomic mass is 10.2. The van der Waals surface area contributed by atoms with Gasteiger partial charge in [-0.2, -0.15) is 5.10 Å². The lowest BCUT2D eigenvalue weighted by Crippen LogP contribution is -2.43. The van der Waals surface area contributed by atoms with E-state index in [1.807, 2.05) is 41.2 Å². The lowest BCUT2D eigenvalue weighted by molar-refractivity contribution is -0.127. The Balaban J connectivity index is 1.87. The third-order valence-corrected chi connectivity index (χ3v) is 4.18. The zero-order valence-electron chi connectivity index (χ0n) is 15.2. The number of benzene rings is 1. The Morgan fingerprint density at radius 1 is 1.27 bits per heavy atom. The number of nitrogens with zero attached hydrogens (tertiary/aromatic N) is 4. The van der Waals surface area contributed by atoms with Crippen molar-refractivity contribution >= 4 is 27.8 Å². The molecule has 7 nitrogen and oxygen atoms in total. The Hall–Kier alpha value is -2.35. The van der Waals surface area contributed by atoms with E-state index < -0.39 is 0 Å². The first kappa shape index (κ1) is 20.0. The number of hydrogen-bond donors (Lipinski definition) is 2. The molecule has 26 heavy (non-hydrogen) atoms. The van der Waals surface area contributed by atoms with E-state index in [1.54, 1.807) is 25.2 Å². The van der Waals surface area contributed by atoms with E-state index >= 15 is 0 Å². The monoisotopic (exact) mass is 420 g/mol. The molecule has 1 heterocycles. The summed E-state index contributed by atoms with van der Waals surface area (Å²) in [6, 6.07) is 9.94. The molecule has 1 aromatic carbocycles. The quantitative estimate of drug-likeness (QED) is 0.388. The van der Waals surface area contributed by atoms with E-state index in [1.165, 1.54) is 0 Å². The number of aryl methyl sites for hydroxylation is 1. The van der Waals surface area contributed by atoms with E-state index in [0.717, 1.165) is 29.5 Å². The summed E-state index contributed by atoms with van der Waals surface area (Å²) >= 11 is 3.43. The van der Waals surface area contributed by atoms with Gasteiger partial charge in [0.1, 0.15) is 0 Å². The summed E-state index contributed by atoms with van der Waals surface area (Å²) in [7, 11) is 3.47. The van der Waals surface area contributed by atoms with Crippen LogP contribution in [0.25, 0.3) is 0 Å². The molecule has 1 aromatic heterocycles. The Bertz CT molecular complexity index is 697. The van der Waals surface area contributed by atoms with Crippen LogP contribution in [0.4, 0.5) is 0 Å². The van der Waals surface area contributed by atoms with Crippen LogP contribution in [0, 0.1) is 0 Å². The third kappa shape index (κ3) is 7.26. The van der Waals surface area contributed by atoms with Gasteiger partial charge >= 0.3 is 0 Å². The van der Waals surface area contributed by atoms with Gasteiger partial charge in [0.15, 0.2) is 5.96 Å². The van der Waals surface area contributed by atoms with E-state index in [9.17, 15) is 4.79 Å². The molecule has 2 rings (SSSR count). The fraction of sp³-hybridized carbons (Fsp3) is 0.389. The van der Waals surface area contributed by atoms with Crippen molar-refractivity contribution in [3.8, 4) is 0 Å². The molecule has 0 unspecified atom stereocenters. The lowest BCUT2D eigenvalue weighted by Gasteiger charge is -2.15. The van der Waals surface area contributed by atoms with Gasteiger partial charge < -0.3 is 15.5 Å². The Kier molecular flexibility index (Phi) is 8.14. The number of guanidine groups is 1. The summed E-state index contributed by atoms with van der Waals surface area (Å²) in [4.78, 5) is 17.9. The number of halogens is 1. The fourth-order valence-electron chi connectivity index (χ4n) is 2.13. The highest BCUT2D eigenvalue weighted by molar-refractivity contribution is 9.10. The second-order valence-corrected chi connectivity index (χ2v) is 6.90. The molecule has 0 saturated carbocycles. The van der Waals surface area contributed by atoms with E-state index in [-0.39, 0.29) is 12.5 Å². The number of carbonyl (C=O) groups excluding carboxylic acids is 1. The number of hydrogen-bond acceptors (Lipinski definition) is 3. The van der Waals surface area contributed by atoms with Crippen molar-refractivity contribution in [2.75, 3.05) is 27.2 Å². The van der Waals surface area contributed by atoms with Crippen molar-refractivity contribution < 1.29 is 4.79 Å². The molecule has 0 fully saturated rings. The number of rotatable bonds is 8. The molecule has 2 aromatic rings. The fourth-order valence-corrected chi connectivity index (χ4v) is 2.40. The van der Waals surface area contributed by atoms with Gasteiger partial charge in [-0.25, -0.2) is 4.99 Å². The van der Waals surface area contributed by atoms with Gasteiger partial charge in [-0.1, -0.05) is 28.1 Å². The molecular weight excluding hydrogens is 396 g/mol. The number of carbonyl (C=O) groups is 1. The highest BCUT2D eigenvalue weighted by Crippen LogP contribution is 2.11. The highest BCUT2D eigenvalue weighted by Gasteiger charge is 2.06. The van der Waals surface area contributed by atoms with Crippen molar-refractivity contribution in [1.82, 2.24) is 25.3 Å². The molecule has 0 bridgehead atoms. The van der Waals surface area contributed by atoms with Crippen LogP contribution in [0.3, 0.4) is 0 Å². The minimum Gasteiger partial charge on any atom is -0.356 e. The molecule has 0 aliphatic carbocycles. The van der Waals surface area contributed by atoms with Gasteiger partial charge in [0.25, 0.3) is 0 Å². The number of nitrogens with one attached hydrogen (secondary N) is 2. The number of aliphatic imine (C=N–C) groups is 1. The SMILES string of the molecule is CN(C)C(=O)CNC(=NCc1ccc(Br)cc1)NCCCn1cccn1. The van der Waals surface area contributed by atoms with Gasteiger partial charge in [0, 0.05) is 44.1 Å². The molecule has 0 aliphatic heterocycles. The minimum atomic E-state index is -0.000294. The number of aromatic nitrogens is 2. The first-order valence-electron chi connectivity index (χ1n) is 8.49. The normalized spacial score (nSPS) is 11.3. The van der Waals surface area contributed by atoms with E-state index in [4.69, 9.17) is 0 Å². The van der Waals surface area contributed by atoms with Crippen LogP contribution in [-0.4, -0.2) is 53.7 Å². The second kappa shape index (κ2) is 10.6. The largest absolute Gasteiger partial charge is 0.356 e. The topological polar surface area (TPSA) is 74.6 Å². The van der Waals surface area contributed by atoms with Gasteiger partial charge in [-0.05, 0) is 30.2 Å². The minimum absolute atomic E-state index is 0.000294. The summed E-state index contributed by atoms with van der Waals surface area (Å²) in [5.74, 6) is 0.628. The summed E-state index contributed by atoms with van der Waals surface area (Å²) in [5, 5.41) is 10.6. The molecule has 8 heteroatoms. The summed E-state index contributed by atoms with van der Waals surface area (Å²) < 4.78 is 2.93. The maximum atomic E-state index is 11.8. The third-order valence-electron chi connectivity index (χ3n) is 3.65. The van der Waals surface area contributed by atoms with Gasteiger partial charge in [0.2, 0.25) is 5.91 Å². The molecule has 140 valence electrons. The molecule has 0 saturated heterocycles. The van der Waals surface area contributed by atoms with Crippen LogP contribution in [-0.2, 0) is 17.9 Å². The predicted octanol–water partition coefficient (Wildman–Crippen LogP) is 1.86. The van der Waals surface area contributed by atoms with Crippen molar-refractivity contribution in [2.24, 2.45) is 4.99 Å². The number of amides is 1. The van der Waals surface area contributed by atoms with E-state index in [0.29, 0.717) is 12.5 Å². The smallest absolute Gasteiger partial charge is 0.241 e. The Morgan fingerprint density at radius 3 is 2.69 bits per heavy atom. The standard InChI is InChI=1S/C18H25BrN6O/c1-24(2)17(26)14-22-18(20-9-3-11-25-12-4-10-23-25)21-13-15-5-7-16(19)8-6-15/h4-8,10,12H,3,9,11,13-14H2,1-2H3,(H2,20,21,22). The zero-order chi connectivity index (χ0) is 18.8. The Morgan fingerprint density at radius 2 is 2.04 bits per heavy atom. The predicted molar refractivity (Wildman–Crippen MR) is 107 cm³/mol.